The highest BCUT2D eigenvalue weighted by molar-refractivity contribution is 8.01. The SMILES string of the molecule is CCc1cc(Sc2nc3ccccc3s2)nc(-c2ccccn2)n1. The van der Waals surface area contributed by atoms with Crippen molar-refractivity contribution in [3.05, 3.63) is 60.4 Å². The van der Waals surface area contributed by atoms with Gasteiger partial charge in [-0.05, 0) is 48.5 Å². The van der Waals surface area contributed by atoms with Gasteiger partial charge in [0.1, 0.15) is 10.7 Å². The predicted molar refractivity (Wildman–Crippen MR) is 98.4 cm³/mol. The van der Waals surface area contributed by atoms with Crippen LogP contribution >= 0.6 is 23.1 Å². The summed E-state index contributed by atoms with van der Waals surface area (Å²) in [6, 6.07) is 16.0. The first-order valence-corrected chi connectivity index (χ1v) is 9.28. The minimum atomic E-state index is 0.665. The van der Waals surface area contributed by atoms with E-state index in [1.54, 1.807) is 29.3 Å². The van der Waals surface area contributed by atoms with E-state index >= 15 is 0 Å². The number of hydrogen-bond acceptors (Lipinski definition) is 6. The molecule has 0 saturated heterocycles. The first-order chi connectivity index (χ1) is 11.8. The van der Waals surface area contributed by atoms with E-state index in [9.17, 15) is 0 Å². The van der Waals surface area contributed by atoms with Crippen LogP contribution in [-0.4, -0.2) is 19.9 Å². The zero-order valence-electron chi connectivity index (χ0n) is 13.0. The second-order valence-corrected chi connectivity index (χ2v) is 7.44. The minimum absolute atomic E-state index is 0.665. The van der Waals surface area contributed by atoms with Gasteiger partial charge in [-0.15, -0.1) is 11.3 Å². The zero-order chi connectivity index (χ0) is 16.4. The van der Waals surface area contributed by atoms with Crippen molar-refractivity contribution in [3.8, 4) is 11.5 Å². The van der Waals surface area contributed by atoms with Crippen molar-refractivity contribution in [3.63, 3.8) is 0 Å². The number of pyridine rings is 1. The summed E-state index contributed by atoms with van der Waals surface area (Å²) in [4.78, 5) is 18.3. The van der Waals surface area contributed by atoms with Crippen LogP contribution in [0.25, 0.3) is 21.7 Å². The van der Waals surface area contributed by atoms with Crippen LogP contribution < -0.4 is 0 Å². The van der Waals surface area contributed by atoms with Crippen molar-refractivity contribution in [2.24, 2.45) is 0 Å². The number of aromatic nitrogens is 4. The smallest absolute Gasteiger partial charge is 0.179 e. The third-order valence-electron chi connectivity index (χ3n) is 3.48. The van der Waals surface area contributed by atoms with Crippen LogP contribution in [0.1, 0.15) is 12.6 Å². The van der Waals surface area contributed by atoms with E-state index in [1.165, 1.54) is 4.70 Å². The summed E-state index contributed by atoms with van der Waals surface area (Å²) in [5.74, 6) is 0.665. The molecule has 24 heavy (non-hydrogen) atoms. The van der Waals surface area contributed by atoms with Gasteiger partial charge >= 0.3 is 0 Å². The van der Waals surface area contributed by atoms with Gasteiger partial charge in [0.15, 0.2) is 10.2 Å². The maximum Gasteiger partial charge on any atom is 0.179 e. The lowest BCUT2D eigenvalue weighted by atomic mass is 10.3. The molecular formula is C18H14N4S2. The van der Waals surface area contributed by atoms with E-state index in [-0.39, 0.29) is 0 Å². The lowest BCUT2D eigenvalue weighted by Gasteiger charge is -2.05. The zero-order valence-corrected chi connectivity index (χ0v) is 14.6. The lowest BCUT2D eigenvalue weighted by molar-refractivity contribution is 0.947. The highest BCUT2D eigenvalue weighted by atomic mass is 32.2. The van der Waals surface area contributed by atoms with Crippen molar-refractivity contribution >= 4 is 33.3 Å². The summed E-state index contributed by atoms with van der Waals surface area (Å²) < 4.78 is 2.18. The highest BCUT2D eigenvalue weighted by Crippen LogP contribution is 2.34. The standard InChI is InChI=1S/C18H14N4S2/c1-2-12-11-16(22-17(20-12)14-8-5-6-10-19-14)24-18-21-13-7-3-4-9-15(13)23-18/h3-11H,2H2,1H3. The molecule has 0 amide bonds. The molecule has 3 heterocycles. The molecule has 6 heteroatoms. The molecular weight excluding hydrogens is 336 g/mol. The molecule has 0 spiro atoms. The van der Waals surface area contributed by atoms with E-state index in [0.29, 0.717) is 5.82 Å². The molecule has 3 aromatic heterocycles. The molecule has 0 N–H and O–H groups in total. The molecule has 0 saturated carbocycles. The van der Waals surface area contributed by atoms with Gasteiger partial charge in [0.25, 0.3) is 0 Å². The summed E-state index contributed by atoms with van der Waals surface area (Å²) in [5, 5.41) is 0.904. The molecule has 0 unspecified atom stereocenters. The summed E-state index contributed by atoms with van der Waals surface area (Å²) >= 11 is 3.26. The van der Waals surface area contributed by atoms with E-state index in [0.717, 1.165) is 32.7 Å². The molecule has 0 radical (unpaired) electrons. The fraction of sp³-hybridized carbons (Fsp3) is 0.111. The molecule has 0 aliphatic carbocycles. The second kappa shape index (κ2) is 6.67. The molecule has 0 atom stereocenters. The fourth-order valence-electron chi connectivity index (χ4n) is 2.30. The summed E-state index contributed by atoms with van der Waals surface area (Å²) in [6.45, 7) is 2.09. The normalized spacial score (nSPS) is 11.0. The molecule has 0 aliphatic heterocycles. The Bertz CT molecular complexity index is 950. The maximum atomic E-state index is 4.67. The van der Waals surface area contributed by atoms with Crippen LogP contribution in [0.4, 0.5) is 0 Å². The number of fused-ring (bicyclic) bond motifs is 1. The van der Waals surface area contributed by atoms with Crippen LogP contribution in [-0.2, 0) is 6.42 Å². The maximum absolute atomic E-state index is 4.67. The Morgan fingerprint density at radius 2 is 1.88 bits per heavy atom. The molecule has 0 aliphatic rings. The summed E-state index contributed by atoms with van der Waals surface area (Å²) in [5.41, 5.74) is 2.83. The predicted octanol–water partition coefficient (Wildman–Crippen LogP) is 4.86. The van der Waals surface area contributed by atoms with Crippen molar-refractivity contribution in [2.75, 3.05) is 0 Å². The monoisotopic (exact) mass is 350 g/mol. The third-order valence-corrected chi connectivity index (χ3v) is 5.49. The van der Waals surface area contributed by atoms with Gasteiger partial charge in [-0.3, -0.25) is 4.98 Å². The molecule has 4 aromatic rings. The molecule has 0 fully saturated rings. The Labute approximate surface area is 148 Å². The van der Waals surface area contributed by atoms with E-state index < -0.39 is 0 Å². The average Bonchev–Trinajstić information content (AvgIpc) is 3.04. The first kappa shape index (κ1) is 15.2. The van der Waals surface area contributed by atoms with E-state index in [2.05, 4.69) is 32.9 Å². The third kappa shape index (κ3) is 3.16. The van der Waals surface area contributed by atoms with Gasteiger partial charge < -0.3 is 0 Å². The number of aryl methyl sites for hydroxylation is 1. The number of rotatable bonds is 4. The molecule has 118 valence electrons. The van der Waals surface area contributed by atoms with Gasteiger partial charge in [0, 0.05) is 11.9 Å². The fourth-order valence-corrected chi connectivity index (χ4v) is 4.34. The van der Waals surface area contributed by atoms with Crippen molar-refractivity contribution in [2.45, 2.75) is 22.7 Å². The lowest BCUT2D eigenvalue weighted by Crippen LogP contribution is -1.97. The number of nitrogens with zero attached hydrogens (tertiary/aromatic N) is 4. The molecule has 0 bridgehead atoms. The highest BCUT2D eigenvalue weighted by Gasteiger charge is 2.11. The Kier molecular flexibility index (Phi) is 4.23. The van der Waals surface area contributed by atoms with Crippen LogP contribution in [0.5, 0.6) is 0 Å². The molecule has 4 rings (SSSR count). The number of para-hydroxylation sites is 1. The minimum Gasteiger partial charge on any atom is -0.253 e. The van der Waals surface area contributed by atoms with Crippen molar-refractivity contribution < 1.29 is 0 Å². The largest absolute Gasteiger partial charge is 0.253 e. The topological polar surface area (TPSA) is 51.6 Å². The first-order valence-electron chi connectivity index (χ1n) is 7.64. The number of thiazole rings is 1. The van der Waals surface area contributed by atoms with Crippen LogP contribution in [0.2, 0.25) is 0 Å². The van der Waals surface area contributed by atoms with Crippen LogP contribution in [0.15, 0.2) is 64.1 Å². The number of benzene rings is 1. The van der Waals surface area contributed by atoms with Crippen LogP contribution in [0, 0.1) is 0 Å². The van der Waals surface area contributed by atoms with Gasteiger partial charge in [0.05, 0.1) is 10.2 Å². The van der Waals surface area contributed by atoms with Crippen molar-refractivity contribution in [1.82, 2.24) is 19.9 Å². The van der Waals surface area contributed by atoms with Gasteiger partial charge in [0.2, 0.25) is 0 Å². The van der Waals surface area contributed by atoms with E-state index in [1.807, 2.05) is 42.5 Å². The van der Waals surface area contributed by atoms with Crippen LogP contribution in [0.3, 0.4) is 0 Å². The summed E-state index contributed by atoms with van der Waals surface area (Å²) in [7, 11) is 0. The Morgan fingerprint density at radius 3 is 2.67 bits per heavy atom. The second-order valence-electron chi connectivity index (χ2n) is 5.14. The molecule has 4 nitrogen and oxygen atoms in total. The van der Waals surface area contributed by atoms with Gasteiger partial charge in [-0.25, -0.2) is 15.0 Å². The van der Waals surface area contributed by atoms with Gasteiger partial charge in [-0.1, -0.05) is 25.1 Å². The quantitative estimate of drug-likeness (QED) is 0.492. The Balaban J connectivity index is 1.71. The van der Waals surface area contributed by atoms with E-state index in [4.69, 9.17) is 0 Å². The number of hydrogen-bond donors (Lipinski definition) is 0. The summed E-state index contributed by atoms with van der Waals surface area (Å²) in [6.07, 6.45) is 2.62. The Morgan fingerprint density at radius 1 is 1.00 bits per heavy atom. The molecule has 1 aromatic carbocycles. The van der Waals surface area contributed by atoms with Gasteiger partial charge in [-0.2, -0.15) is 0 Å². The average molecular weight is 350 g/mol. The Hall–Kier alpha value is -2.31. The van der Waals surface area contributed by atoms with Crippen molar-refractivity contribution in [1.29, 1.82) is 0 Å².